The second-order valence-electron chi connectivity index (χ2n) is 6.62. The van der Waals surface area contributed by atoms with Crippen molar-refractivity contribution in [2.75, 3.05) is 52.6 Å². The second kappa shape index (κ2) is 5.70. The summed E-state index contributed by atoms with van der Waals surface area (Å²) in [6.07, 6.45) is 0. The lowest BCUT2D eigenvalue weighted by atomic mass is 9.84. The molecule has 0 spiro atoms. The van der Waals surface area contributed by atoms with Crippen molar-refractivity contribution in [2.24, 2.45) is 5.41 Å². The number of morpholine rings is 1. The lowest BCUT2D eigenvalue weighted by Crippen LogP contribution is -2.58. The molecule has 0 radical (unpaired) electrons. The zero-order chi connectivity index (χ0) is 15.9. The average Bonchev–Trinajstić information content (AvgIpc) is 2.79. The molecule has 122 valence electrons. The molecular formula is C17H20N2O4. The van der Waals surface area contributed by atoms with E-state index in [2.05, 4.69) is 4.90 Å². The maximum Gasteiger partial charge on any atom is 0.261 e. The van der Waals surface area contributed by atoms with Crippen LogP contribution in [0.25, 0.3) is 0 Å². The fourth-order valence-electron chi connectivity index (χ4n) is 3.58. The van der Waals surface area contributed by atoms with Crippen LogP contribution in [0.4, 0.5) is 0 Å². The Balaban J connectivity index is 1.50. The number of carbonyl (C=O) groups is 2. The van der Waals surface area contributed by atoms with Crippen LogP contribution in [0.2, 0.25) is 0 Å². The largest absolute Gasteiger partial charge is 0.380 e. The topological polar surface area (TPSA) is 59.1 Å². The fourth-order valence-corrected chi connectivity index (χ4v) is 3.58. The lowest BCUT2D eigenvalue weighted by molar-refractivity contribution is -0.137. The van der Waals surface area contributed by atoms with Gasteiger partial charge in [0.2, 0.25) is 0 Å². The molecule has 3 aliphatic heterocycles. The van der Waals surface area contributed by atoms with Crippen LogP contribution >= 0.6 is 0 Å². The molecule has 6 heteroatoms. The summed E-state index contributed by atoms with van der Waals surface area (Å²) in [6, 6.07) is 7.04. The SMILES string of the molecule is O=C1c2ccccc2C(=O)N1CC1(CN2CCOCC2)COC1. The second-order valence-corrected chi connectivity index (χ2v) is 6.62. The van der Waals surface area contributed by atoms with Crippen LogP contribution in [0.15, 0.2) is 24.3 Å². The molecule has 2 amide bonds. The molecule has 4 rings (SSSR count). The Bertz CT molecular complexity index is 600. The van der Waals surface area contributed by atoms with E-state index in [9.17, 15) is 9.59 Å². The molecular weight excluding hydrogens is 296 g/mol. The van der Waals surface area contributed by atoms with Crippen LogP contribution in [-0.2, 0) is 9.47 Å². The van der Waals surface area contributed by atoms with Crippen molar-refractivity contribution in [3.63, 3.8) is 0 Å². The first-order chi connectivity index (χ1) is 11.2. The molecule has 0 aliphatic carbocycles. The smallest absolute Gasteiger partial charge is 0.261 e. The summed E-state index contributed by atoms with van der Waals surface area (Å²) in [5, 5.41) is 0. The highest BCUT2D eigenvalue weighted by Gasteiger charge is 2.46. The summed E-state index contributed by atoms with van der Waals surface area (Å²) >= 11 is 0. The van der Waals surface area contributed by atoms with Crippen LogP contribution in [0.1, 0.15) is 20.7 Å². The molecule has 3 aliphatic rings. The van der Waals surface area contributed by atoms with Crippen molar-refractivity contribution in [2.45, 2.75) is 0 Å². The van der Waals surface area contributed by atoms with E-state index in [1.165, 1.54) is 4.90 Å². The van der Waals surface area contributed by atoms with Gasteiger partial charge in [-0.15, -0.1) is 0 Å². The number of imide groups is 1. The Labute approximate surface area is 134 Å². The highest BCUT2D eigenvalue weighted by molar-refractivity contribution is 6.21. The normalized spacial score (nSPS) is 23.7. The predicted molar refractivity (Wildman–Crippen MR) is 82.3 cm³/mol. The highest BCUT2D eigenvalue weighted by Crippen LogP contribution is 2.33. The van der Waals surface area contributed by atoms with Gasteiger partial charge in [0.15, 0.2) is 0 Å². The van der Waals surface area contributed by atoms with Crippen LogP contribution in [0.5, 0.6) is 0 Å². The molecule has 0 saturated carbocycles. The van der Waals surface area contributed by atoms with Crippen molar-refractivity contribution < 1.29 is 19.1 Å². The zero-order valence-electron chi connectivity index (χ0n) is 13.0. The minimum Gasteiger partial charge on any atom is -0.380 e. The van der Waals surface area contributed by atoms with E-state index in [1.807, 2.05) is 0 Å². The van der Waals surface area contributed by atoms with Crippen molar-refractivity contribution >= 4 is 11.8 Å². The summed E-state index contributed by atoms with van der Waals surface area (Å²) in [4.78, 5) is 28.8. The Morgan fingerprint density at radius 2 is 1.52 bits per heavy atom. The van der Waals surface area contributed by atoms with Gasteiger partial charge in [-0.05, 0) is 12.1 Å². The number of amides is 2. The Morgan fingerprint density at radius 3 is 2.04 bits per heavy atom. The molecule has 0 unspecified atom stereocenters. The van der Waals surface area contributed by atoms with Gasteiger partial charge < -0.3 is 9.47 Å². The van der Waals surface area contributed by atoms with Crippen molar-refractivity contribution in [3.05, 3.63) is 35.4 Å². The summed E-state index contributed by atoms with van der Waals surface area (Å²) in [5.74, 6) is -0.363. The molecule has 0 atom stereocenters. The molecule has 0 N–H and O–H groups in total. The minimum atomic E-state index is -0.182. The van der Waals surface area contributed by atoms with Crippen molar-refractivity contribution in [1.29, 1.82) is 0 Å². The third-order valence-corrected chi connectivity index (χ3v) is 4.85. The third kappa shape index (κ3) is 2.56. The van der Waals surface area contributed by atoms with Gasteiger partial charge >= 0.3 is 0 Å². The van der Waals surface area contributed by atoms with E-state index in [1.54, 1.807) is 24.3 Å². The summed E-state index contributed by atoms with van der Waals surface area (Å²) in [7, 11) is 0. The van der Waals surface area contributed by atoms with Crippen LogP contribution in [0, 0.1) is 5.41 Å². The number of hydrogen-bond acceptors (Lipinski definition) is 5. The molecule has 6 nitrogen and oxygen atoms in total. The summed E-state index contributed by atoms with van der Waals surface area (Å²) < 4.78 is 10.8. The first-order valence-electron chi connectivity index (χ1n) is 8.02. The Hall–Kier alpha value is -1.76. The maximum absolute atomic E-state index is 12.5. The van der Waals surface area contributed by atoms with Gasteiger partial charge in [0.25, 0.3) is 11.8 Å². The van der Waals surface area contributed by atoms with Gasteiger partial charge in [0.1, 0.15) is 0 Å². The van der Waals surface area contributed by atoms with Gasteiger partial charge in [-0.25, -0.2) is 0 Å². The van der Waals surface area contributed by atoms with Crippen LogP contribution in [0.3, 0.4) is 0 Å². The number of benzene rings is 1. The van der Waals surface area contributed by atoms with Crippen molar-refractivity contribution in [3.8, 4) is 0 Å². The van der Waals surface area contributed by atoms with E-state index in [-0.39, 0.29) is 17.2 Å². The molecule has 2 saturated heterocycles. The fraction of sp³-hybridized carbons (Fsp3) is 0.529. The number of fused-ring (bicyclic) bond motifs is 1. The van der Waals surface area contributed by atoms with Gasteiger partial charge in [-0.1, -0.05) is 12.1 Å². The number of rotatable bonds is 4. The standard InChI is InChI=1S/C17H20N2O4/c20-15-13-3-1-2-4-14(13)16(21)19(15)10-17(11-23-12-17)9-18-5-7-22-8-6-18/h1-4H,5-12H2. The molecule has 2 fully saturated rings. The first-order valence-corrected chi connectivity index (χ1v) is 8.02. The number of carbonyl (C=O) groups excluding carboxylic acids is 2. The monoisotopic (exact) mass is 316 g/mol. The van der Waals surface area contributed by atoms with E-state index in [0.717, 1.165) is 32.8 Å². The summed E-state index contributed by atoms with van der Waals surface area (Å²) in [5.41, 5.74) is 0.878. The van der Waals surface area contributed by atoms with Crippen molar-refractivity contribution in [1.82, 2.24) is 9.80 Å². The van der Waals surface area contributed by atoms with Gasteiger partial charge in [0.05, 0.1) is 37.6 Å². The quantitative estimate of drug-likeness (QED) is 0.763. The predicted octanol–water partition coefficient (Wildman–Crippen LogP) is 0.631. The number of nitrogens with zero attached hydrogens (tertiary/aromatic N) is 2. The van der Waals surface area contributed by atoms with Crippen LogP contribution < -0.4 is 0 Å². The minimum absolute atomic E-state index is 0.148. The zero-order valence-corrected chi connectivity index (χ0v) is 13.0. The van der Waals surface area contributed by atoms with Gasteiger partial charge in [-0.2, -0.15) is 0 Å². The molecule has 1 aromatic carbocycles. The Kier molecular flexibility index (Phi) is 3.67. The Morgan fingerprint density at radius 1 is 0.913 bits per heavy atom. The molecule has 1 aromatic rings. The molecule has 23 heavy (non-hydrogen) atoms. The average molecular weight is 316 g/mol. The van der Waals surface area contributed by atoms with E-state index in [0.29, 0.717) is 30.9 Å². The number of hydrogen-bond donors (Lipinski definition) is 0. The van der Waals surface area contributed by atoms with Gasteiger partial charge in [-0.3, -0.25) is 19.4 Å². The van der Waals surface area contributed by atoms with E-state index >= 15 is 0 Å². The van der Waals surface area contributed by atoms with Gasteiger partial charge in [0, 0.05) is 31.6 Å². The molecule has 3 heterocycles. The van der Waals surface area contributed by atoms with E-state index < -0.39 is 0 Å². The molecule has 0 aromatic heterocycles. The van der Waals surface area contributed by atoms with Crippen LogP contribution in [-0.4, -0.2) is 74.2 Å². The van der Waals surface area contributed by atoms with E-state index in [4.69, 9.17) is 9.47 Å². The maximum atomic E-state index is 12.5. The summed E-state index contributed by atoms with van der Waals surface area (Å²) in [6.45, 7) is 5.72. The highest BCUT2D eigenvalue weighted by atomic mass is 16.5. The lowest BCUT2D eigenvalue weighted by Gasteiger charge is -2.46. The number of ether oxygens (including phenoxy) is 2. The molecule has 0 bridgehead atoms. The third-order valence-electron chi connectivity index (χ3n) is 4.85. The first kappa shape index (κ1) is 14.8.